The molecular formula is C23H24N2O2S. The van der Waals surface area contributed by atoms with Gasteiger partial charge in [-0.15, -0.1) is 11.3 Å². The Bertz CT molecular complexity index is 983. The molecule has 0 amide bonds. The standard InChI is InChI=1S/C23H24N2O2S/c1-5-7-11-17(6-2)19-15-20(27-25-19)22(26-4)21-14-16(3)23(28-21)24-18-12-9-8-10-13-18/h5-15,22,24H,1H2,2-4H3/b11-7-,17-6+. The third kappa shape index (κ3) is 4.50. The van der Waals surface area contributed by atoms with Gasteiger partial charge in [-0.05, 0) is 43.2 Å². The second kappa shape index (κ2) is 9.35. The van der Waals surface area contributed by atoms with Crippen LogP contribution in [0.1, 0.15) is 34.9 Å². The first kappa shape index (κ1) is 19.9. The minimum absolute atomic E-state index is 0.308. The molecule has 1 unspecified atom stereocenters. The highest BCUT2D eigenvalue weighted by molar-refractivity contribution is 7.16. The summed E-state index contributed by atoms with van der Waals surface area (Å²) in [6.45, 7) is 7.76. The van der Waals surface area contributed by atoms with Crippen molar-refractivity contribution in [1.29, 1.82) is 0 Å². The second-order valence-corrected chi connectivity index (χ2v) is 7.30. The Morgan fingerprint density at radius 2 is 2.07 bits per heavy atom. The van der Waals surface area contributed by atoms with Crippen molar-refractivity contribution in [2.24, 2.45) is 0 Å². The van der Waals surface area contributed by atoms with E-state index in [0.29, 0.717) is 5.76 Å². The molecule has 1 atom stereocenters. The summed E-state index contributed by atoms with van der Waals surface area (Å²) in [5.41, 5.74) is 3.96. The Hall–Kier alpha value is -2.89. The number of rotatable bonds is 8. The molecule has 0 bridgehead atoms. The lowest BCUT2D eigenvalue weighted by molar-refractivity contribution is 0.112. The maximum atomic E-state index is 5.74. The van der Waals surface area contributed by atoms with Gasteiger partial charge in [-0.3, -0.25) is 0 Å². The van der Waals surface area contributed by atoms with Crippen LogP contribution in [0, 0.1) is 6.92 Å². The summed E-state index contributed by atoms with van der Waals surface area (Å²) in [7, 11) is 1.68. The smallest absolute Gasteiger partial charge is 0.171 e. The van der Waals surface area contributed by atoms with Gasteiger partial charge in [0.2, 0.25) is 0 Å². The van der Waals surface area contributed by atoms with E-state index in [1.54, 1.807) is 24.5 Å². The van der Waals surface area contributed by atoms with E-state index in [-0.39, 0.29) is 6.10 Å². The van der Waals surface area contributed by atoms with E-state index in [2.05, 4.69) is 30.0 Å². The van der Waals surface area contributed by atoms with E-state index < -0.39 is 0 Å². The second-order valence-electron chi connectivity index (χ2n) is 6.22. The number of para-hydroxylation sites is 1. The summed E-state index contributed by atoms with van der Waals surface area (Å²) >= 11 is 1.65. The van der Waals surface area contributed by atoms with Gasteiger partial charge in [0.25, 0.3) is 0 Å². The number of methoxy groups -OCH3 is 1. The summed E-state index contributed by atoms with van der Waals surface area (Å²) in [5.74, 6) is 0.677. The van der Waals surface area contributed by atoms with Crippen LogP contribution in [-0.2, 0) is 4.74 Å². The molecule has 1 N–H and O–H groups in total. The highest BCUT2D eigenvalue weighted by Crippen LogP contribution is 2.38. The molecule has 144 valence electrons. The van der Waals surface area contributed by atoms with Gasteiger partial charge in [-0.2, -0.15) is 0 Å². The van der Waals surface area contributed by atoms with Gasteiger partial charge in [0.15, 0.2) is 11.9 Å². The molecule has 0 fully saturated rings. The Kier molecular flexibility index (Phi) is 6.63. The molecule has 2 aromatic heterocycles. The van der Waals surface area contributed by atoms with E-state index in [1.807, 2.05) is 61.5 Å². The molecule has 3 aromatic rings. The lowest BCUT2D eigenvalue weighted by Crippen LogP contribution is -1.99. The van der Waals surface area contributed by atoms with E-state index >= 15 is 0 Å². The summed E-state index contributed by atoms with van der Waals surface area (Å²) in [6, 6.07) is 14.2. The Balaban J connectivity index is 1.85. The first-order valence-electron chi connectivity index (χ1n) is 9.03. The number of hydrogen-bond acceptors (Lipinski definition) is 5. The molecule has 5 heteroatoms. The van der Waals surface area contributed by atoms with Crippen molar-refractivity contribution in [3.63, 3.8) is 0 Å². The van der Waals surface area contributed by atoms with Crippen LogP contribution < -0.4 is 5.32 Å². The Morgan fingerprint density at radius 1 is 1.29 bits per heavy atom. The average Bonchev–Trinajstić information content (AvgIpc) is 3.32. The molecule has 0 saturated heterocycles. The highest BCUT2D eigenvalue weighted by Gasteiger charge is 2.22. The first-order chi connectivity index (χ1) is 13.7. The van der Waals surface area contributed by atoms with Gasteiger partial charge in [0.05, 0.1) is 5.00 Å². The number of thiophene rings is 1. The van der Waals surface area contributed by atoms with Crippen LogP contribution in [0.4, 0.5) is 10.7 Å². The Morgan fingerprint density at radius 3 is 2.75 bits per heavy atom. The van der Waals surface area contributed by atoms with Crippen molar-refractivity contribution in [1.82, 2.24) is 5.16 Å². The van der Waals surface area contributed by atoms with Crippen LogP contribution >= 0.6 is 11.3 Å². The third-order valence-electron chi connectivity index (χ3n) is 4.27. The quantitative estimate of drug-likeness (QED) is 0.435. The topological polar surface area (TPSA) is 47.3 Å². The van der Waals surface area contributed by atoms with Gasteiger partial charge in [-0.1, -0.05) is 54.2 Å². The molecular weight excluding hydrogens is 368 g/mol. The van der Waals surface area contributed by atoms with Crippen molar-refractivity contribution in [3.8, 4) is 0 Å². The van der Waals surface area contributed by atoms with Crippen LogP contribution in [0.3, 0.4) is 0 Å². The molecule has 0 aliphatic rings. The lowest BCUT2D eigenvalue weighted by Gasteiger charge is -2.09. The van der Waals surface area contributed by atoms with E-state index in [9.17, 15) is 0 Å². The first-order valence-corrected chi connectivity index (χ1v) is 9.85. The van der Waals surface area contributed by atoms with Crippen molar-refractivity contribution >= 4 is 27.6 Å². The fraction of sp³-hybridized carbons (Fsp3) is 0.174. The van der Waals surface area contributed by atoms with E-state index in [4.69, 9.17) is 9.26 Å². The van der Waals surface area contributed by atoms with Crippen molar-refractivity contribution < 1.29 is 9.26 Å². The minimum Gasteiger partial charge on any atom is -0.368 e. The van der Waals surface area contributed by atoms with Gasteiger partial charge < -0.3 is 14.6 Å². The predicted molar refractivity (Wildman–Crippen MR) is 117 cm³/mol. The van der Waals surface area contributed by atoms with Crippen molar-refractivity contribution in [2.45, 2.75) is 20.0 Å². The summed E-state index contributed by atoms with van der Waals surface area (Å²) in [6.07, 6.45) is 7.24. The molecule has 2 heterocycles. The molecule has 0 spiro atoms. The monoisotopic (exact) mass is 392 g/mol. The largest absolute Gasteiger partial charge is 0.368 e. The highest BCUT2D eigenvalue weighted by atomic mass is 32.1. The number of benzene rings is 1. The fourth-order valence-electron chi connectivity index (χ4n) is 2.84. The summed E-state index contributed by atoms with van der Waals surface area (Å²) in [5, 5.41) is 8.77. The van der Waals surface area contributed by atoms with E-state index in [0.717, 1.165) is 32.4 Å². The number of ether oxygens (including phenoxy) is 1. The number of hydrogen-bond donors (Lipinski definition) is 1. The third-order valence-corrected chi connectivity index (χ3v) is 5.46. The average molecular weight is 393 g/mol. The van der Waals surface area contributed by atoms with Gasteiger partial charge in [0.1, 0.15) is 5.69 Å². The fourth-order valence-corrected chi connectivity index (χ4v) is 4.01. The van der Waals surface area contributed by atoms with Crippen LogP contribution in [0.5, 0.6) is 0 Å². The zero-order valence-electron chi connectivity index (χ0n) is 16.3. The maximum absolute atomic E-state index is 5.74. The molecule has 4 nitrogen and oxygen atoms in total. The zero-order valence-corrected chi connectivity index (χ0v) is 17.1. The normalized spacial score (nSPS) is 13.0. The predicted octanol–water partition coefficient (Wildman–Crippen LogP) is 6.67. The molecule has 0 saturated carbocycles. The minimum atomic E-state index is -0.308. The van der Waals surface area contributed by atoms with Gasteiger partial charge in [0, 0.05) is 23.7 Å². The van der Waals surface area contributed by atoms with Crippen molar-refractivity contribution in [2.75, 3.05) is 12.4 Å². The molecule has 0 aliphatic carbocycles. The van der Waals surface area contributed by atoms with Crippen LogP contribution in [0.15, 0.2) is 77.9 Å². The van der Waals surface area contributed by atoms with Gasteiger partial charge >= 0.3 is 0 Å². The van der Waals surface area contributed by atoms with Crippen LogP contribution in [-0.4, -0.2) is 12.3 Å². The van der Waals surface area contributed by atoms with E-state index in [1.165, 1.54) is 0 Å². The lowest BCUT2D eigenvalue weighted by atomic mass is 10.1. The molecule has 0 aliphatic heterocycles. The van der Waals surface area contributed by atoms with Crippen LogP contribution in [0.25, 0.3) is 5.57 Å². The number of anilines is 2. The summed E-state index contributed by atoms with van der Waals surface area (Å²) in [4.78, 5) is 1.06. The number of aryl methyl sites for hydroxylation is 1. The molecule has 1 aromatic carbocycles. The van der Waals surface area contributed by atoms with Gasteiger partial charge in [-0.25, -0.2) is 0 Å². The molecule has 28 heavy (non-hydrogen) atoms. The van der Waals surface area contributed by atoms with Crippen LogP contribution in [0.2, 0.25) is 0 Å². The summed E-state index contributed by atoms with van der Waals surface area (Å²) < 4.78 is 11.4. The Labute approximate surface area is 169 Å². The number of nitrogens with one attached hydrogen (secondary N) is 1. The molecule has 3 rings (SSSR count). The number of aromatic nitrogens is 1. The SMILES string of the molecule is C=C/C=C\C(=C/C)c1cc(C(OC)c2cc(C)c(Nc3ccccc3)s2)on1. The maximum Gasteiger partial charge on any atom is 0.171 e. The zero-order chi connectivity index (χ0) is 19.9. The van der Waals surface area contributed by atoms with Crippen molar-refractivity contribution in [3.05, 3.63) is 95.2 Å². The number of allylic oxidation sites excluding steroid dienone is 5. The molecule has 0 radical (unpaired) electrons. The number of nitrogens with zero attached hydrogens (tertiary/aromatic N) is 1.